The lowest BCUT2D eigenvalue weighted by Gasteiger charge is -2.39. The molecular weight excluding hydrogens is 260 g/mol. The van der Waals surface area contributed by atoms with Crippen molar-refractivity contribution in [2.75, 3.05) is 26.3 Å². The Balaban J connectivity index is 1.72. The maximum Gasteiger partial charge on any atom is 0.328 e. The molecular formula is C14H22N2O4. The summed E-state index contributed by atoms with van der Waals surface area (Å²) >= 11 is 0. The molecule has 2 amide bonds. The van der Waals surface area contributed by atoms with Crippen LogP contribution in [0.2, 0.25) is 0 Å². The number of nitrogens with zero attached hydrogens (tertiary/aromatic N) is 2. The number of urea groups is 1. The number of hydrogen-bond donors (Lipinski definition) is 1. The molecule has 0 aromatic heterocycles. The molecule has 0 bridgehead atoms. The van der Waals surface area contributed by atoms with Crippen molar-refractivity contribution in [1.82, 2.24) is 9.80 Å². The van der Waals surface area contributed by atoms with Crippen molar-refractivity contribution in [2.45, 2.75) is 44.2 Å². The van der Waals surface area contributed by atoms with Gasteiger partial charge in [-0.3, -0.25) is 0 Å². The van der Waals surface area contributed by atoms with Crippen molar-refractivity contribution in [3.63, 3.8) is 0 Å². The van der Waals surface area contributed by atoms with Gasteiger partial charge in [0.25, 0.3) is 0 Å². The van der Waals surface area contributed by atoms with E-state index in [1.54, 1.807) is 0 Å². The molecule has 3 unspecified atom stereocenters. The number of carbonyl (C=O) groups excluding carboxylic acids is 1. The van der Waals surface area contributed by atoms with Gasteiger partial charge >= 0.3 is 12.0 Å². The Kier molecular flexibility index (Phi) is 3.83. The Morgan fingerprint density at radius 1 is 1.05 bits per heavy atom. The summed E-state index contributed by atoms with van der Waals surface area (Å²) in [5, 5.41) is 9.24. The summed E-state index contributed by atoms with van der Waals surface area (Å²) in [6, 6.07) is -0.609. The molecule has 3 aliphatic rings. The van der Waals surface area contributed by atoms with E-state index < -0.39 is 12.0 Å². The van der Waals surface area contributed by atoms with Crippen LogP contribution in [0.4, 0.5) is 4.79 Å². The van der Waals surface area contributed by atoms with Crippen LogP contribution >= 0.6 is 0 Å². The van der Waals surface area contributed by atoms with Gasteiger partial charge in [0.05, 0.1) is 13.2 Å². The van der Waals surface area contributed by atoms with Gasteiger partial charge in [-0.05, 0) is 25.2 Å². The minimum atomic E-state index is -0.975. The number of aliphatic carboxylic acids is 1. The molecule has 2 saturated heterocycles. The smallest absolute Gasteiger partial charge is 0.328 e. The monoisotopic (exact) mass is 282 g/mol. The van der Waals surface area contributed by atoms with E-state index in [9.17, 15) is 14.7 Å². The molecule has 3 fully saturated rings. The minimum Gasteiger partial charge on any atom is -0.480 e. The fourth-order valence-corrected chi connectivity index (χ4v) is 3.85. The van der Waals surface area contributed by atoms with E-state index in [1.807, 2.05) is 4.90 Å². The van der Waals surface area contributed by atoms with Gasteiger partial charge < -0.3 is 19.6 Å². The molecule has 2 aliphatic heterocycles. The first kappa shape index (κ1) is 13.7. The van der Waals surface area contributed by atoms with Gasteiger partial charge in [0, 0.05) is 19.1 Å². The van der Waals surface area contributed by atoms with Crippen LogP contribution < -0.4 is 0 Å². The number of carboxylic acid groups (broad SMARTS) is 1. The first-order valence-electron chi connectivity index (χ1n) is 7.56. The second-order valence-electron chi connectivity index (χ2n) is 6.00. The molecule has 2 heterocycles. The van der Waals surface area contributed by atoms with Crippen molar-refractivity contribution < 1.29 is 19.4 Å². The second-order valence-corrected chi connectivity index (χ2v) is 6.00. The number of carbonyl (C=O) groups is 2. The summed E-state index contributed by atoms with van der Waals surface area (Å²) in [4.78, 5) is 27.4. The summed E-state index contributed by atoms with van der Waals surface area (Å²) in [5.41, 5.74) is 0. The van der Waals surface area contributed by atoms with E-state index in [0.29, 0.717) is 25.1 Å². The number of amides is 2. The lowest BCUT2D eigenvalue weighted by Crippen LogP contribution is -2.57. The summed E-state index contributed by atoms with van der Waals surface area (Å²) in [6.07, 6.45) is 5.78. The molecule has 0 radical (unpaired) electrons. The summed E-state index contributed by atoms with van der Waals surface area (Å²) in [7, 11) is 0. The molecule has 3 rings (SSSR count). The number of rotatable bonds is 1. The largest absolute Gasteiger partial charge is 0.480 e. The third-order valence-electron chi connectivity index (χ3n) is 4.92. The van der Waals surface area contributed by atoms with Crippen LogP contribution in [0.5, 0.6) is 0 Å². The van der Waals surface area contributed by atoms with E-state index >= 15 is 0 Å². The van der Waals surface area contributed by atoms with Gasteiger partial charge in [0.2, 0.25) is 0 Å². The average molecular weight is 282 g/mol. The molecule has 3 atom stereocenters. The third kappa shape index (κ3) is 2.37. The van der Waals surface area contributed by atoms with Crippen LogP contribution in [0.15, 0.2) is 0 Å². The Bertz CT molecular complexity index is 401. The van der Waals surface area contributed by atoms with E-state index in [0.717, 1.165) is 19.4 Å². The predicted molar refractivity (Wildman–Crippen MR) is 71.4 cm³/mol. The van der Waals surface area contributed by atoms with E-state index in [4.69, 9.17) is 4.74 Å². The topological polar surface area (TPSA) is 70.1 Å². The van der Waals surface area contributed by atoms with Crippen molar-refractivity contribution in [1.29, 1.82) is 0 Å². The fraction of sp³-hybridized carbons (Fsp3) is 0.857. The van der Waals surface area contributed by atoms with Gasteiger partial charge in [0.1, 0.15) is 0 Å². The number of hydrogen-bond acceptors (Lipinski definition) is 3. The summed E-state index contributed by atoms with van der Waals surface area (Å²) < 4.78 is 5.20. The Hall–Kier alpha value is -1.30. The zero-order chi connectivity index (χ0) is 14.1. The maximum absolute atomic E-state index is 12.7. The van der Waals surface area contributed by atoms with Crippen LogP contribution in [-0.2, 0) is 9.53 Å². The molecule has 0 spiro atoms. The summed E-state index contributed by atoms with van der Waals surface area (Å²) in [5.74, 6) is -0.352. The van der Waals surface area contributed by atoms with Gasteiger partial charge in [-0.2, -0.15) is 0 Å². The van der Waals surface area contributed by atoms with E-state index in [2.05, 4.69) is 0 Å². The number of fused-ring (bicyclic) bond motifs is 1. The maximum atomic E-state index is 12.7. The zero-order valence-corrected chi connectivity index (χ0v) is 11.7. The van der Waals surface area contributed by atoms with Crippen LogP contribution in [0.25, 0.3) is 0 Å². The van der Waals surface area contributed by atoms with Crippen molar-refractivity contribution in [3.8, 4) is 0 Å². The number of ether oxygens (including phenoxy) is 1. The second kappa shape index (κ2) is 5.60. The lowest BCUT2D eigenvalue weighted by molar-refractivity contribution is -0.147. The van der Waals surface area contributed by atoms with Crippen molar-refractivity contribution in [3.05, 3.63) is 0 Å². The van der Waals surface area contributed by atoms with E-state index in [1.165, 1.54) is 24.2 Å². The molecule has 0 aromatic carbocycles. The average Bonchev–Trinajstić information content (AvgIpc) is 2.90. The predicted octanol–water partition coefficient (Wildman–Crippen LogP) is 1.16. The molecule has 20 heavy (non-hydrogen) atoms. The van der Waals surface area contributed by atoms with E-state index in [-0.39, 0.29) is 12.6 Å². The lowest BCUT2D eigenvalue weighted by atomic mass is 9.85. The van der Waals surface area contributed by atoms with Crippen molar-refractivity contribution >= 4 is 12.0 Å². The third-order valence-corrected chi connectivity index (χ3v) is 4.92. The van der Waals surface area contributed by atoms with Gasteiger partial charge in [0.15, 0.2) is 6.04 Å². The molecule has 112 valence electrons. The zero-order valence-electron chi connectivity index (χ0n) is 11.7. The Morgan fingerprint density at radius 2 is 1.85 bits per heavy atom. The highest BCUT2D eigenvalue weighted by molar-refractivity contribution is 5.83. The van der Waals surface area contributed by atoms with Crippen LogP contribution in [0.1, 0.15) is 32.1 Å². The Labute approximate surface area is 118 Å². The fourth-order valence-electron chi connectivity index (χ4n) is 3.85. The SMILES string of the molecule is O=C(O)C1COCCN1C(=O)N1CCC2CCCCC21. The molecule has 6 heteroatoms. The highest BCUT2D eigenvalue weighted by Crippen LogP contribution is 2.36. The normalized spacial score (nSPS) is 33.9. The molecule has 1 N–H and O–H groups in total. The quantitative estimate of drug-likeness (QED) is 0.783. The first-order chi connectivity index (χ1) is 9.68. The summed E-state index contributed by atoms with van der Waals surface area (Å²) in [6.45, 7) is 1.68. The number of likely N-dealkylation sites (tertiary alicyclic amines) is 1. The highest BCUT2D eigenvalue weighted by atomic mass is 16.5. The van der Waals surface area contributed by atoms with Crippen molar-refractivity contribution in [2.24, 2.45) is 5.92 Å². The molecule has 1 aliphatic carbocycles. The Morgan fingerprint density at radius 3 is 2.65 bits per heavy atom. The van der Waals surface area contributed by atoms with Crippen LogP contribution in [-0.4, -0.2) is 65.3 Å². The van der Waals surface area contributed by atoms with Gasteiger partial charge in [-0.1, -0.05) is 12.8 Å². The highest BCUT2D eigenvalue weighted by Gasteiger charge is 2.42. The minimum absolute atomic E-state index is 0.100. The number of morpholine rings is 1. The molecule has 1 saturated carbocycles. The van der Waals surface area contributed by atoms with Crippen LogP contribution in [0.3, 0.4) is 0 Å². The number of carboxylic acids is 1. The van der Waals surface area contributed by atoms with Gasteiger partial charge in [-0.15, -0.1) is 0 Å². The van der Waals surface area contributed by atoms with Gasteiger partial charge in [-0.25, -0.2) is 9.59 Å². The molecule has 6 nitrogen and oxygen atoms in total. The molecule has 0 aromatic rings. The standard InChI is InChI=1S/C14H22N2O4/c17-13(18)12-9-20-8-7-16(12)14(19)15-6-5-10-3-1-2-4-11(10)15/h10-12H,1-9H2,(H,17,18). The first-order valence-corrected chi connectivity index (χ1v) is 7.56. The van der Waals surface area contributed by atoms with Crippen LogP contribution in [0, 0.1) is 5.92 Å².